The van der Waals surface area contributed by atoms with Gasteiger partial charge in [0.1, 0.15) is 0 Å². The first kappa shape index (κ1) is 14.6. The summed E-state index contributed by atoms with van der Waals surface area (Å²) >= 11 is 0. The standard InChI is InChI=1S/C16H26N2O.ClH/c19-16(18-14-2-1-3-17-9-14)15-12-5-10-4-11(7-12)8-13(15)6-10;/h10-15,17H,1-9H2,(H,18,19);1H/t10?,11?,12?,13?,14-,15?;/m1./s1. The van der Waals surface area contributed by atoms with E-state index in [-0.39, 0.29) is 12.4 Å². The minimum absolute atomic E-state index is 0. The third-order valence-corrected chi connectivity index (χ3v) is 6.17. The second-order valence-electron chi connectivity index (χ2n) is 7.51. The molecule has 20 heavy (non-hydrogen) atoms. The average Bonchev–Trinajstić information content (AvgIpc) is 2.38. The Hall–Kier alpha value is -0.280. The summed E-state index contributed by atoms with van der Waals surface area (Å²) in [7, 11) is 0. The Morgan fingerprint density at radius 3 is 2.20 bits per heavy atom. The van der Waals surface area contributed by atoms with Crippen molar-refractivity contribution in [3.8, 4) is 0 Å². The molecule has 0 aromatic heterocycles. The van der Waals surface area contributed by atoms with E-state index in [0.717, 1.165) is 31.3 Å². The molecule has 0 aromatic rings. The van der Waals surface area contributed by atoms with Gasteiger partial charge in [0.25, 0.3) is 0 Å². The van der Waals surface area contributed by atoms with Gasteiger partial charge < -0.3 is 10.6 Å². The minimum atomic E-state index is 0. The summed E-state index contributed by atoms with van der Waals surface area (Å²) in [4.78, 5) is 12.7. The van der Waals surface area contributed by atoms with E-state index in [2.05, 4.69) is 10.6 Å². The molecule has 1 aliphatic heterocycles. The van der Waals surface area contributed by atoms with Gasteiger partial charge in [0.15, 0.2) is 0 Å². The Bertz CT molecular complexity index is 339. The number of hydrogen-bond donors (Lipinski definition) is 2. The van der Waals surface area contributed by atoms with E-state index >= 15 is 0 Å². The fourth-order valence-electron chi connectivity index (χ4n) is 5.63. The molecule has 0 unspecified atom stereocenters. The predicted octanol–water partition coefficient (Wildman–Crippen LogP) is 2.35. The Kier molecular flexibility index (Phi) is 4.28. The van der Waals surface area contributed by atoms with Crippen molar-refractivity contribution < 1.29 is 4.79 Å². The van der Waals surface area contributed by atoms with Crippen LogP contribution in [0.3, 0.4) is 0 Å². The number of carbonyl (C=O) groups excluding carboxylic acids is 1. The molecule has 1 amide bonds. The monoisotopic (exact) mass is 298 g/mol. The van der Waals surface area contributed by atoms with E-state index in [4.69, 9.17) is 0 Å². The van der Waals surface area contributed by atoms with Crippen LogP contribution in [-0.4, -0.2) is 25.0 Å². The summed E-state index contributed by atoms with van der Waals surface area (Å²) in [6, 6.07) is 0.387. The molecule has 5 aliphatic rings. The van der Waals surface area contributed by atoms with Crippen LogP contribution in [0.2, 0.25) is 0 Å². The zero-order chi connectivity index (χ0) is 12.8. The zero-order valence-electron chi connectivity index (χ0n) is 12.1. The lowest BCUT2D eigenvalue weighted by Crippen LogP contribution is -2.54. The number of piperidine rings is 1. The topological polar surface area (TPSA) is 41.1 Å². The maximum absolute atomic E-state index is 12.7. The average molecular weight is 299 g/mol. The molecule has 0 spiro atoms. The van der Waals surface area contributed by atoms with Crippen LogP contribution < -0.4 is 10.6 Å². The molecule has 2 N–H and O–H groups in total. The molecule has 1 heterocycles. The maximum atomic E-state index is 12.7. The number of hydrogen-bond acceptors (Lipinski definition) is 2. The second-order valence-corrected chi connectivity index (χ2v) is 7.51. The van der Waals surface area contributed by atoms with Crippen molar-refractivity contribution in [3.05, 3.63) is 0 Å². The molecule has 114 valence electrons. The lowest BCUT2D eigenvalue weighted by atomic mass is 9.51. The Morgan fingerprint density at radius 2 is 1.65 bits per heavy atom. The van der Waals surface area contributed by atoms with Gasteiger partial charge in [-0.2, -0.15) is 0 Å². The number of halogens is 1. The van der Waals surface area contributed by atoms with Crippen molar-refractivity contribution >= 4 is 18.3 Å². The van der Waals surface area contributed by atoms with E-state index in [0.29, 0.717) is 29.7 Å². The summed E-state index contributed by atoms with van der Waals surface area (Å²) in [5.41, 5.74) is 0. The molecule has 3 nitrogen and oxygen atoms in total. The van der Waals surface area contributed by atoms with Crippen LogP contribution in [0.15, 0.2) is 0 Å². The fraction of sp³-hybridized carbons (Fsp3) is 0.938. The summed E-state index contributed by atoms with van der Waals surface area (Å²) < 4.78 is 0. The molecular weight excluding hydrogens is 272 g/mol. The van der Waals surface area contributed by atoms with Gasteiger partial charge >= 0.3 is 0 Å². The van der Waals surface area contributed by atoms with Crippen molar-refractivity contribution in [3.63, 3.8) is 0 Å². The Balaban J connectivity index is 0.00000121. The number of amides is 1. The summed E-state index contributed by atoms with van der Waals surface area (Å²) in [5, 5.41) is 6.74. The van der Waals surface area contributed by atoms with Crippen molar-refractivity contribution in [1.82, 2.24) is 10.6 Å². The normalized spacial score (nSPS) is 45.8. The SMILES string of the molecule is Cl.O=C(N[C@@H]1CCCNC1)C1C2CC3CC(C2)CC1C3. The molecule has 4 saturated carbocycles. The third-order valence-electron chi connectivity index (χ3n) is 6.17. The lowest BCUT2D eigenvalue weighted by molar-refractivity contribution is -0.139. The smallest absolute Gasteiger partial charge is 0.223 e. The number of rotatable bonds is 2. The summed E-state index contributed by atoms with van der Waals surface area (Å²) in [5.74, 6) is 4.10. The first-order chi connectivity index (χ1) is 9.29. The first-order valence-electron chi connectivity index (χ1n) is 8.30. The predicted molar refractivity (Wildman–Crippen MR) is 81.8 cm³/mol. The third kappa shape index (κ3) is 2.59. The molecule has 5 rings (SSSR count). The molecule has 0 aromatic carbocycles. The maximum Gasteiger partial charge on any atom is 0.223 e. The highest BCUT2D eigenvalue weighted by atomic mass is 35.5. The lowest BCUT2D eigenvalue weighted by Gasteiger charge is -2.53. The molecule has 1 saturated heterocycles. The minimum Gasteiger partial charge on any atom is -0.352 e. The van der Waals surface area contributed by atoms with Gasteiger partial charge in [0.2, 0.25) is 5.91 Å². The highest BCUT2D eigenvalue weighted by Crippen LogP contribution is 2.56. The van der Waals surface area contributed by atoms with Crippen molar-refractivity contribution in [2.45, 2.75) is 51.0 Å². The molecule has 1 atom stereocenters. The summed E-state index contributed by atoms with van der Waals surface area (Å²) in [6.45, 7) is 2.09. The van der Waals surface area contributed by atoms with Crippen LogP contribution >= 0.6 is 12.4 Å². The highest BCUT2D eigenvalue weighted by Gasteiger charge is 2.50. The van der Waals surface area contributed by atoms with Crippen molar-refractivity contribution in [2.24, 2.45) is 29.6 Å². The van der Waals surface area contributed by atoms with E-state index in [1.165, 1.54) is 38.5 Å². The molecule has 5 fully saturated rings. The molecule has 0 radical (unpaired) electrons. The fourth-order valence-corrected chi connectivity index (χ4v) is 5.63. The van der Waals surface area contributed by atoms with Crippen LogP contribution in [0.1, 0.15) is 44.9 Å². The van der Waals surface area contributed by atoms with Gasteiger partial charge in [0, 0.05) is 18.5 Å². The van der Waals surface area contributed by atoms with Crippen LogP contribution in [0.25, 0.3) is 0 Å². The highest BCUT2D eigenvalue weighted by molar-refractivity contribution is 5.85. The van der Waals surface area contributed by atoms with Gasteiger partial charge in [-0.05, 0) is 75.2 Å². The van der Waals surface area contributed by atoms with Gasteiger partial charge in [-0.1, -0.05) is 0 Å². The Morgan fingerprint density at radius 1 is 1.00 bits per heavy atom. The summed E-state index contributed by atoms with van der Waals surface area (Å²) in [6.07, 6.45) is 9.19. The van der Waals surface area contributed by atoms with Gasteiger partial charge in [0.05, 0.1) is 0 Å². The van der Waals surface area contributed by atoms with Gasteiger partial charge in [-0.25, -0.2) is 0 Å². The van der Waals surface area contributed by atoms with Gasteiger partial charge in [-0.15, -0.1) is 12.4 Å². The van der Waals surface area contributed by atoms with E-state index in [9.17, 15) is 4.79 Å². The van der Waals surface area contributed by atoms with Crippen LogP contribution in [0.5, 0.6) is 0 Å². The van der Waals surface area contributed by atoms with Crippen molar-refractivity contribution in [2.75, 3.05) is 13.1 Å². The zero-order valence-corrected chi connectivity index (χ0v) is 13.0. The first-order valence-corrected chi connectivity index (χ1v) is 8.30. The van der Waals surface area contributed by atoms with E-state index in [1.54, 1.807) is 0 Å². The van der Waals surface area contributed by atoms with E-state index in [1.807, 2.05) is 0 Å². The van der Waals surface area contributed by atoms with E-state index < -0.39 is 0 Å². The second kappa shape index (κ2) is 5.84. The van der Waals surface area contributed by atoms with Crippen LogP contribution in [-0.2, 0) is 4.79 Å². The quantitative estimate of drug-likeness (QED) is 0.822. The largest absolute Gasteiger partial charge is 0.352 e. The van der Waals surface area contributed by atoms with Crippen molar-refractivity contribution in [1.29, 1.82) is 0 Å². The molecule has 4 heteroatoms. The molecular formula is C16H27ClN2O. The van der Waals surface area contributed by atoms with Crippen LogP contribution in [0.4, 0.5) is 0 Å². The Labute approximate surface area is 128 Å². The molecule has 4 bridgehead atoms. The number of nitrogens with one attached hydrogen (secondary N) is 2. The van der Waals surface area contributed by atoms with Gasteiger partial charge in [-0.3, -0.25) is 4.79 Å². The van der Waals surface area contributed by atoms with Crippen LogP contribution in [0, 0.1) is 29.6 Å². The number of carbonyl (C=O) groups is 1. The molecule has 4 aliphatic carbocycles.